The normalized spacial score (nSPS) is 17.2. The molecule has 2 aliphatic heterocycles. The topological polar surface area (TPSA) is 45.1 Å². The summed E-state index contributed by atoms with van der Waals surface area (Å²) in [5.41, 5.74) is 3.61. The number of carbonyl (C=O) groups is 1. The van der Waals surface area contributed by atoms with Crippen LogP contribution in [0.5, 0.6) is 0 Å². The maximum Gasteiger partial charge on any atom is 0.247 e. The van der Waals surface area contributed by atoms with Crippen molar-refractivity contribution in [3.63, 3.8) is 0 Å². The summed E-state index contributed by atoms with van der Waals surface area (Å²) in [6.07, 6.45) is 4.15. The van der Waals surface area contributed by atoms with Crippen LogP contribution in [0.3, 0.4) is 0 Å². The van der Waals surface area contributed by atoms with E-state index in [-0.39, 0.29) is 11.7 Å². The van der Waals surface area contributed by atoms with E-state index >= 15 is 0 Å². The van der Waals surface area contributed by atoms with Gasteiger partial charge in [-0.15, -0.1) is 0 Å². The third-order valence-corrected chi connectivity index (χ3v) is 5.48. The first-order valence-corrected chi connectivity index (χ1v) is 10.5. The molecule has 0 atom stereocenters. The second-order valence-electron chi connectivity index (χ2n) is 7.69. The van der Waals surface area contributed by atoms with Crippen molar-refractivity contribution in [1.29, 1.82) is 0 Å². The van der Waals surface area contributed by atoms with E-state index in [4.69, 9.17) is 4.74 Å². The summed E-state index contributed by atoms with van der Waals surface area (Å²) in [6.45, 7) is 5.19. The zero-order chi connectivity index (χ0) is 20.8. The van der Waals surface area contributed by atoms with E-state index in [2.05, 4.69) is 28.6 Å². The molecule has 1 amide bonds. The highest BCUT2D eigenvalue weighted by Crippen LogP contribution is 2.17. The van der Waals surface area contributed by atoms with Gasteiger partial charge in [-0.25, -0.2) is 9.40 Å². The van der Waals surface area contributed by atoms with Crippen LogP contribution in [-0.4, -0.2) is 60.9 Å². The lowest BCUT2D eigenvalue weighted by Crippen LogP contribution is -2.36. The number of hydrogen-bond donors (Lipinski definition) is 0. The number of carbonyl (C=O) groups excluding carboxylic acids is 1. The van der Waals surface area contributed by atoms with E-state index in [0.717, 1.165) is 61.7 Å². The van der Waals surface area contributed by atoms with Crippen LogP contribution in [0.15, 0.2) is 53.6 Å². The summed E-state index contributed by atoms with van der Waals surface area (Å²) >= 11 is 0. The summed E-state index contributed by atoms with van der Waals surface area (Å²) in [5, 5.41) is 5.94. The van der Waals surface area contributed by atoms with Gasteiger partial charge >= 0.3 is 0 Å². The van der Waals surface area contributed by atoms with Crippen molar-refractivity contribution >= 4 is 11.6 Å². The fraction of sp³-hybridized carbons (Fsp3) is 0.375. The molecule has 0 aliphatic carbocycles. The number of ether oxygens (including phenoxy) is 1. The molecular formula is C24H27FN3O2. The van der Waals surface area contributed by atoms with E-state index < -0.39 is 0 Å². The Morgan fingerprint density at radius 2 is 1.93 bits per heavy atom. The fourth-order valence-electron chi connectivity index (χ4n) is 3.84. The standard InChI is InChI=1S/C24H27FN3O2/c25-22-8-2-7-21(18-22)23-9-11-28(26-23)24(29)17-20-5-1-4-19(16-20)6-3-10-27-12-14-30-15-13-27/h1-2,4-8,16,18H,3,9-15,17H2. The van der Waals surface area contributed by atoms with Crippen LogP contribution < -0.4 is 0 Å². The molecule has 5 nitrogen and oxygen atoms in total. The van der Waals surface area contributed by atoms with Crippen LogP contribution in [0.4, 0.5) is 4.39 Å². The fourth-order valence-corrected chi connectivity index (χ4v) is 3.84. The highest BCUT2D eigenvalue weighted by Gasteiger charge is 2.22. The Hall–Kier alpha value is -2.57. The van der Waals surface area contributed by atoms with Crippen molar-refractivity contribution in [3.8, 4) is 0 Å². The van der Waals surface area contributed by atoms with Gasteiger partial charge in [0.15, 0.2) is 0 Å². The minimum absolute atomic E-state index is 0.0353. The van der Waals surface area contributed by atoms with Gasteiger partial charge in [0.2, 0.25) is 5.91 Å². The van der Waals surface area contributed by atoms with Crippen molar-refractivity contribution in [1.82, 2.24) is 9.91 Å². The van der Waals surface area contributed by atoms with Gasteiger partial charge in [-0.2, -0.15) is 5.10 Å². The molecule has 0 saturated carbocycles. The third kappa shape index (κ3) is 5.52. The highest BCUT2D eigenvalue weighted by molar-refractivity contribution is 6.02. The summed E-state index contributed by atoms with van der Waals surface area (Å²) < 4.78 is 18.8. The number of benzene rings is 2. The molecule has 4 rings (SSSR count). The van der Waals surface area contributed by atoms with Crippen LogP contribution >= 0.6 is 0 Å². The predicted molar refractivity (Wildman–Crippen MR) is 115 cm³/mol. The first kappa shape index (κ1) is 20.7. The molecule has 2 aliphatic rings. The molecule has 30 heavy (non-hydrogen) atoms. The molecule has 2 heterocycles. The van der Waals surface area contributed by atoms with E-state index in [0.29, 0.717) is 19.4 Å². The smallest absolute Gasteiger partial charge is 0.247 e. The Bertz CT molecular complexity index is 909. The monoisotopic (exact) mass is 408 g/mol. The lowest BCUT2D eigenvalue weighted by molar-refractivity contribution is -0.130. The van der Waals surface area contributed by atoms with Gasteiger partial charge in [0.05, 0.1) is 31.9 Å². The average molecular weight is 408 g/mol. The molecule has 0 bridgehead atoms. The molecule has 1 saturated heterocycles. The molecule has 0 aromatic heterocycles. The summed E-state index contributed by atoms with van der Waals surface area (Å²) in [7, 11) is 0. The summed E-state index contributed by atoms with van der Waals surface area (Å²) in [4.78, 5) is 15.1. The van der Waals surface area contributed by atoms with Crippen molar-refractivity contribution in [2.24, 2.45) is 5.10 Å². The van der Waals surface area contributed by atoms with Gasteiger partial charge in [0.25, 0.3) is 0 Å². The van der Waals surface area contributed by atoms with Crippen molar-refractivity contribution in [2.45, 2.75) is 19.3 Å². The molecule has 157 valence electrons. The Labute approximate surface area is 177 Å². The van der Waals surface area contributed by atoms with E-state index in [1.54, 1.807) is 6.07 Å². The predicted octanol–water partition coefficient (Wildman–Crippen LogP) is 3.28. The highest BCUT2D eigenvalue weighted by atomic mass is 19.1. The van der Waals surface area contributed by atoms with Gasteiger partial charge in [-0.05, 0) is 42.6 Å². The lowest BCUT2D eigenvalue weighted by atomic mass is 10.0. The first-order valence-electron chi connectivity index (χ1n) is 10.5. The van der Waals surface area contributed by atoms with Crippen molar-refractivity contribution in [3.05, 3.63) is 77.5 Å². The zero-order valence-electron chi connectivity index (χ0n) is 17.1. The van der Waals surface area contributed by atoms with Gasteiger partial charge in [-0.3, -0.25) is 9.69 Å². The van der Waals surface area contributed by atoms with Crippen LogP contribution in [0.25, 0.3) is 0 Å². The number of nitrogens with zero attached hydrogens (tertiary/aromatic N) is 3. The Morgan fingerprint density at radius 1 is 1.10 bits per heavy atom. The summed E-state index contributed by atoms with van der Waals surface area (Å²) in [5.74, 6) is -0.325. The van der Waals surface area contributed by atoms with E-state index in [1.165, 1.54) is 17.1 Å². The molecule has 0 N–H and O–H groups in total. The number of hydrazone groups is 1. The third-order valence-electron chi connectivity index (χ3n) is 5.48. The maximum absolute atomic E-state index is 13.4. The largest absolute Gasteiger partial charge is 0.379 e. The minimum Gasteiger partial charge on any atom is -0.379 e. The molecule has 2 aromatic rings. The molecule has 0 unspecified atom stereocenters. The second kappa shape index (κ2) is 9.96. The van der Waals surface area contributed by atoms with Crippen molar-refractivity contribution < 1.29 is 13.9 Å². The van der Waals surface area contributed by atoms with Crippen LogP contribution in [0, 0.1) is 12.2 Å². The van der Waals surface area contributed by atoms with Crippen LogP contribution in [0.2, 0.25) is 0 Å². The van der Waals surface area contributed by atoms with Crippen molar-refractivity contribution in [2.75, 3.05) is 39.4 Å². The number of halogens is 1. The van der Waals surface area contributed by atoms with Gasteiger partial charge in [0, 0.05) is 25.1 Å². The van der Waals surface area contributed by atoms with E-state index in [9.17, 15) is 9.18 Å². The molecule has 2 aromatic carbocycles. The van der Waals surface area contributed by atoms with Crippen LogP contribution in [0.1, 0.15) is 29.5 Å². The summed E-state index contributed by atoms with van der Waals surface area (Å²) in [6, 6.07) is 14.5. The SMILES string of the molecule is O=C(Cc1cccc([CH]CCN2CCOCC2)c1)N1CCC(c2cccc(F)c2)=N1. The zero-order valence-corrected chi connectivity index (χ0v) is 17.1. The Morgan fingerprint density at radius 3 is 2.77 bits per heavy atom. The molecule has 1 radical (unpaired) electrons. The molecular weight excluding hydrogens is 381 g/mol. The van der Waals surface area contributed by atoms with Crippen LogP contribution in [-0.2, 0) is 16.0 Å². The Balaban J connectivity index is 1.30. The number of rotatable bonds is 7. The van der Waals surface area contributed by atoms with Gasteiger partial charge < -0.3 is 4.74 Å². The molecule has 0 spiro atoms. The number of morpholine rings is 1. The van der Waals surface area contributed by atoms with E-state index in [1.807, 2.05) is 18.2 Å². The number of hydrogen-bond acceptors (Lipinski definition) is 4. The van der Waals surface area contributed by atoms with Gasteiger partial charge in [-0.1, -0.05) is 36.4 Å². The molecule has 1 fully saturated rings. The Kier molecular flexibility index (Phi) is 6.87. The minimum atomic E-state index is -0.290. The first-order chi connectivity index (χ1) is 14.7. The average Bonchev–Trinajstić information content (AvgIpc) is 3.25. The molecule has 6 heteroatoms. The second-order valence-corrected chi connectivity index (χ2v) is 7.69. The quantitative estimate of drug-likeness (QED) is 0.706. The number of amides is 1. The van der Waals surface area contributed by atoms with Gasteiger partial charge in [0.1, 0.15) is 5.82 Å². The maximum atomic E-state index is 13.4. The lowest BCUT2D eigenvalue weighted by Gasteiger charge is -2.26.